The van der Waals surface area contributed by atoms with Crippen molar-refractivity contribution in [1.82, 2.24) is 9.88 Å². The fourth-order valence-corrected chi connectivity index (χ4v) is 3.69. The van der Waals surface area contributed by atoms with E-state index in [-0.39, 0.29) is 0 Å². The van der Waals surface area contributed by atoms with Gasteiger partial charge in [-0.05, 0) is 31.2 Å². The summed E-state index contributed by atoms with van der Waals surface area (Å²) in [5, 5.41) is 2.59. The van der Waals surface area contributed by atoms with Crippen LogP contribution in [-0.2, 0) is 0 Å². The zero-order valence-corrected chi connectivity index (χ0v) is 12.2. The number of nitrogens with two attached hydrogens (primary N) is 1. The van der Waals surface area contributed by atoms with Crippen LogP contribution in [0.1, 0.15) is 12.8 Å². The molecule has 0 amide bonds. The van der Waals surface area contributed by atoms with E-state index < -0.39 is 5.26 Å². The second-order valence-electron chi connectivity index (χ2n) is 5.39. The predicted octanol–water partition coefficient (Wildman–Crippen LogP) is 2.02. The van der Waals surface area contributed by atoms with Crippen LogP contribution in [-0.4, -0.2) is 42.1 Å². The summed E-state index contributed by atoms with van der Waals surface area (Å²) in [5.74, 6) is 1.99. The number of unbranched alkanes of at least 4 members (excludes halogenated alkanes) is 1. The van der Waals surface area contributed by atoms with E-state index in [1.165, 1.54) is 13.1 Å². The minimum absolute atomic E-state index is 0.395. The minimum Gasteiger partial charge on any atom is -0.368 e. The molecule has 106 valence electrons. The fourth-order valence-electron chi connectivity index (χ4n) is 2.90. The Morgan fingerprint density at radius 2 is 2.16 bits per heavy atom. The first kappa shape index (κ1) is 13.5. The smallest absolute Gasteiger partial charge is 0.272 e. The molecular formula is C12H18ClFN4S. The van der Waals surface area contributed by atoms with Gasteiger partial charge in [-0.1, -0.05) is 22.9 Å². The number of likely N-dealkylation sites (tertiary alicyclic amines) is 1. The molecule has 1 aliphatic carbocycles. The number of hydrogen-bond donors (Lipinski definition) is 2. The highest BCUT2D eigenvalue weighted by Gasteiger charge is 2.53. The van der Waals surface area contributed by atoms with Crippen molar-refractivity contribution in [2.75, 3.05) is 31.5 Å². The van der Waals surface area contributed by atoms with Crippen LogP contribution >= 0.6 is 22.9 Å². The van der Waals surface area contributed by atoms with Gasteiger partial charge in [0.2, 0.25) is 0 Å². The van der Waals surface area contributed by atoms with Gasteiger partial charge >= 0.3 is 0 Å². The highest BCUT2D eigenvalue weighted by atomic mass is 35.5. The van der Waals surface area contributed by atoms with Gasteiger partial charge in [-0.15, -0.1) is 0 Å². The van der Waals surface area contributed by atoms with Gasteiger partial charge in [0, 0.05) is 25.7 Å². The highest BCUT2D eigenvalue weighted by molar-refractivity contribution is 7.15. The second-order valence-corrected chi connectivity index (χ2v) is 6.94. The van der Waals surface area contributed by atoms with E-state index in [4.69, 9.17) is 17.3 Å². The van der Waals surface area contributed by atoms with Crippen LogP contribution in [0.2, 0.25) is 4.34 Å². The van der Waals surface area contributed by atoms with Crippen LogP contribution in [0.3, 0.4) is 0 Å². The van der Waals surface area contributed by atoms with Gasteiger partial charge in [0.05, 0.1) is 0 Å². The zero-order valence-electron chi connectivity index (χ0n) is 10.6. The normalized spacial score (nSPS) is 29.5. The third-order valence-electron chi connectivity index (χ3n) is 4.09. The molecule has 1 saturated heterocycles. The van der Waals surface area contributed by atoms with E-state index in [0.29, 0.717) is 16.2 Å². The summed E-state index contributed by atoms with van der Waals surface area (Å²) in [7, 11) is 0. The average molecular weight is 305 g/mol. The van der Waals surface area contributed by atoms with E-state index >= 15 is 0 Å². The number of halogens is 2. The Morgan fingerprint density at radius 3 is 2.79 bits per heavy atom. The molecule has 1 aromatic heterocycles. The maximum Gasteiger partial charge on any atom is 0.272 e. The molecule has 2 aliphatic rings. The Bertz CT molecular complexity index is 443. The van der Waals surface area contributed by atoms with Crippen molar-refractivity contribution in [2.45, 2.75) is 18.9 Å². The highest BCUT2D eigenvalue weighted by Crippen LogP contribution is 2.43. The number of nitrogens with zero attached hydrogens (tertiary/aromatic N) is 2. The Labute approximate surface area is 121 Å². The van der Waals surface area contributed by atoms with Gasteiger partial charge in [0.15, 0.2) is 5.82 Å². The molecule has 0 radical (unpaired) electrons. The SMILES string of the molecule is NC1C2CN(CCCCNc3nc(F)sc3Cl)CC12. The monoisotopic (exact) mass is 304 g/mol. The summed E-state index contributed by atoms with van der Waals surface area (Å²) in [4.78, 5) is 6.19. The molecule has 1 saturated carbocycles. The van der Waals surface area contributed by atoms with Crippen molar-refractivity contribution in [2.24, 2.45) is 17.6 Å². The van der Waals surface area contributed by atoms with Crippen LogP contribution in [0.4, 0.5) is 10.2 Å². The number of piperidine rings is 1. The topological polar surface area (TPSA) is 54.2 Å². The van der Waals surface area contributed by atoms with Crippen molar-refractivity contribution in [3.05, 3.63) is 9.60 Å². The standard InChI is InChI=1S/C12H18ClFN4S/c13-10-11(17-12(14)19-10)16-3-1-2-4-18-5-7-8(6-18)9(7)15/h7-9,16H,1-6,15H2. The third-order valence-corrected chi connectivity index (χ3v) is 5.13. The minimum atomic E-state index is -0.486. The number of rotatable bonds is 6. The van der Waals surface area contributed by atoms with Gasteiger partial charge in [0.1, 0.15) is 4.34 Å². The maximum atomic E-state index is 12.8. The molecule has 0 bridgehead atoms. The second kappa shape index (κ2) is 5.52. The van der Waals surface area contributed by atoms with Gasteiger partial charge in [0.25, 0.3) is 5.26 Å². The van der Waals surface area contributed by atoms with Crippen molar-refractivity contribution >= 4 is 28.8 Å². The van der Waals surface area contributed by atoms with Crippen molar-refractivity contribution < 1.29 is 4.39 Å². The molecule has 3 rings (SSSR count). The molecule has 2 heterocycles. The molecule has 2 atom stereocenters. The van der Waals surface area contributed by atoms with E-state index in [9.17, 15) is 4.39 Å². The van der Waals surface area contributed by atoms with Crippen LogP contribution in [0.15, 0.2) is 0 Å². The Morgan fingerprint density at radius 1 is 1.42 bits per heavy atom. The fraction of sp³-hybridized carbons (Fsp3) is 0.750. The average Bonchev–Trinajstić information content (AvgIpc) is 2.76. The van der Waals surface area contributed by atoms with E-state index in [0.717, 1.165) is 49.1 Å². The number of hydrogen-bond acceptors (Lipinski definition) is 5. The number of aromatic nitrogens is 1. The molecule has 1 aliphatic heterocycles. The van der Waals surface area contributed by atoms with Crippen LogP contribution in [0, 0.1) is 17.1 Å². The maximum absolute atomic E-state index is 12.8. The quantitative estimate of drug-likeness (QED) is 0.790. The Balaban J connectivity index is 1.29. The number of thiazole rings is 1. The van der Waals surface area contributed by atoms with Gasteiger partial charge in [-0.25, -0.2) is 0 Å². The molecule has 19 heavy (non-hydrogen) atoms. The first-order chi connectivity index (χ1) is 9.15. The van der Waals surface area contributed by atoms with Crippen LogP contribution in [0.25, 0.3) is 0 Å². The summed E-state index contributed by atoms with van der Waals surface area (Å²) in [6, 6.07) is 0.472. The van der Waals surface area contributed by atoms with Crippen LogP contribution < -0.4 is 11.1 Å². The summed E-state index contributed by atoms with van der Waals surface area (Å²) in [5.41, 5.74) is 5.91. The first-order valence-corrected chi connectivity index (χ1v) is 7.88. The molecule has 1 aromatic rings. The summed E-state index contributed by atoms with van der Waals surface area (Å²) in [6.45, 7) is 4.24. The lowest BCUT2D eigenvalue weighted by atomic mass is 10.3. The molecule has 7 heteroatoms. The number of anilines is 1. The van der Waals surface area contributed by atoms with Crippen molar-refractivity contribution in [1.29, 1.82) is 0 Å². The molecular weight excluding hydrogens is 287 g/mol. The summed E-state index contributed by atoms with van der Waals surface area (Å²) < 4.78 is 13.2. The lowest BCUT2D eigenvalue weighted by molar-refractivity contribution is 0.292. The van der Waals surface area contributed by atoms with Crippen LogP contribution in [0.5, 0.6) is 0 Å². The van der Waals surface area contributed by atoms with E-state index in [1.807, 2.05) is 0 Å². The van der Waals surface area contributed by atoms with Crippen molar-refractivity contribution in [3.8, 4) is 0 Å². The lowest BCUT2D eigenvalue weighted by Gasteiger charge is -2.18. The summed E-state index contributed by atoms with van der Waals surface area (Å²) in [6.07, 6.45) is 2.17. The predicted molar refractivity (Wildman–Crippen MR) is 76.2 cm³/mol. The van der Waals surface area contributed by atoms with Gasteiger partial charge in [-0.2, -0.15) is 9.37 Å². The Kier molecular flexibility index (Phi) is 3.93. The van der Waals surface area contributed by atoms with E-state index in [2.05, 4.69) is 15.2 Å². The molecule has 0 spiro atoms. The van der Waals surface area contributed by atoms with Gasteiger partial charge in [-0.3, -0.25) is 0 Å². The van der Waals surface area contributed by atoms with E-state index in [1.54, 1.807) is 0 Å². The zero-order chi connectivity index (χ0) is 13.4. The number of fused-ring (bicyclic) bond motifs is 1. The largest absolute Gasteiger partial charge is 0.368 e. The van der Waals surface area contributed by atoms with Gasteiger partial charge < -0.3 is 16.0 Å². The third kappa shape index (κ3) is 3.02. The molecule has 0 aromatic carbocycles. The number of nitrogens with one attached hydrogen (secondary N) is 1. The lowest BCUT2D eigenvalue weighted by Crippen LogP contribution is -2.29. The summed E-state index contributed by atoms with van der Waals surface area (Å²) >= 11 is 6.69. The van der Waals surface area contributed by atoms with Crippen molar-refractivity contribution in [3.63, 3.8) is 0 Å². The molecule has 2 fully saturated rings. The molecule has 2 unspecified atom stereocenters. The first-order valence-electron chi connectivity index (χ1n) is 6.69. The molecule has 3 N–H and O–H groups in total. The Hall–Kier alpha value is -0.430. The molecule has 4 nitrogen and oxygen atoms in total.